The Balaban J connectivity index is 2.75. The second-order valence-electron chi connectivity index (χ2n) is 3.93. The molecule has 17 heavy (non-hydrogen) atoms. The SMILES string of the molecule is CC(=O)N(CCC(=O)CCl)c1ccc(C)cc1. The molecule has 0 unspecified atom stereocenters. The van der Waals surface area contributed by atoms with E-state index in [9.17, 15) is 9.59 Å². The first-order chi connectivity index (χ1) is 8.04. The molecule has 0 N–H and O–H groups in total. The zero-order valence-electron chi connectivity index (χ0n) is 10.1. The van der Waals surface area contributed by atoms with Crippen molar-refractivity contribution in [3.63, 3.8) is 0 Å². The summed E-state index contributed by atoms with van der Waals surface area (Å²) in [4.78, 5) is 24.3. The molecule has 0 aromatic heterocycles. The molecular formula is C13H16ClNO2. The number of aryl methyl sites for hydroxylation is 1. The lowest BCUT2D eigenvalue weighted by molar-refractivity contribution is -0.117. The standard InChI is InChI=1S/C13H16ClNO2/c1-10-3-5-12(6-4-10)15(11(2)16)8-7-13(17)9-14/h3-6H,7-9H2,1-2H3. The van der Waals surface area contributed by atoms with Crippen LogP contribution in [-0.4, -0.2) is 24.1 Å². The van der Waals surface area contributed by atoms with Crippen LogP contribution in [-0.2, 0) is 9.59 Å². The summed E-state index contributed by atoms with van der Waals surface area (Å²) in [6, 6.07) is 7.63. The zero-order chi connectivity index (χ0) is 12.8. The van der Waals surface area contributed by atoms with Gasteiger partial charge in [-0.1, -0.05) is 17.7 Å². The number of hydrogen-bond acceptors (Lipinski definition) is 2. The van der Waals surface area contributed by atoms with Gasteiger partial charge in [0.05, 0.1) is 5.88 Å². The molecule has 0 aliphatic rings. The Labute approximate surface area is 106 Å². The molecule has 0 radical (unpaired) electrons. The van der Waals surface area contributed by atoms with Gasteiger partial charge in [-0.2, -0.15) is 0 Å². The molecule has 0 heterocycles. The summed E-state index contributed by atoms with van der Waals surface area (Å²) >= 11 is 5.43. The van der Waals surface area contributed by atoms with Crippen molar-refractivity contribution < 1.29 is 9.59 Å². The molecule has 0 bridgehead atoms. The average Bonchev–Trinajstić information content (AvgIpc) is 2.31. The van der Waals surface area contributed by atoms with Crippen LogP contribution in [0.3, 0.4) is 0 Å². The molecular weight excluding hydrogens is 238 g/mol. The van der Waals surface area contributed by atoms with Gasteiger partial charge in [0.15, 0.2) is 0 Å². The molecule has 4 heteroatoms. The van der Waals surface area contributed by atoms with E-state index in [0.717, 1.165) is 11.3 Å². The molecule has 0 spiro atoms. The zero-order valence-corrected chi connectivity index (χ0v) is 10.8. The van der Waals surface area contributed by atoms with E-state index in [0.29, 0.717) is 6.54 Å². The molecule has 1 rings (SSSR count). The number of nitrogens with zero attached hydrogens (tertiary/aromatic N) is 1. The second-order valence-corrected chi connectivity index (χ2v) is 4.20. The Kier molecular flexibility index (Phi) is 5.16. The van der Waals surface area contributed by atoms with Crippen LogP contribution in [0.5, 0.6) is 0 Å². The normalized spacial score (nSPS) is 10.1. The van der Waals surface area contributed by atoms with E-state index in [4.69, 9.17) is 11.6 Å². The molecule has 0 saturated carbocycles. The van der Waals surface area contributed by atoms with E-state index in [2.05, 4.69) is 0 Å². The van der Waals surface area contributed by atoms with Crippen molar-refractivity contribution >= 4 is 29.0 Å². The van der Waals surface area contributed by atoms with Gasteiger partial charge in [0.2, 0.25) is 5.91 Å². The highest BCUT2D eigenvalue weighted by molar-refractivity contribution is 6.27. The number of ketones is 1. The summed E-state index contributed by atoms with van der Waals surface area (Å²) in [5.74, 6) is -0.124. The first kappa shape index (κ1) is 13.7. The minimum Gasteiger partial charge on any atom is -0.312 e. The van der Waals surface area contributed by atoms with Crippen LogP contribution in [0.15, 0.2) is 24.3 Å². The van der Waals surface area contributed by atoms with E-state index in [1.165, 1.54) is 6.92 Å². The lowest BCUT2D eigenvalue weighted by Crippen LogP contribution is -2.30. The van der Waals surface area contributed by atoms with Gasteiger partial charge in [-0.25, -0.2) is 0 Å². The fraction of sp³-hybridized carbons (Fsp3) is 0.385. The van der Waals surface area contributed by atoms with Gasteiger partial charge in [0, 0.05) is 25.6 Å². The van der Waals surface area contributed by atoms with Gasteiger partial charge in [-0.15, -0.1) is 11.6 Å². The molecule has 0 atom stereocenters. The van der Waals surface area contributed by atoms with Crippen molar-refractivity contribution in [2.45, 2.75) is 20.3 Å². The fourth-order valence-electron chi connectivity index (χ4n) is 1.50. The van der Waals surface area contributed by atoms with Crippen LogP contribution in [0.2, 0.25) is 0 Å². The highest BCUT2D eigenvalue weighted by Crippen LogP contribution is 2.15. The number of hydrogen-bond donors (Lipinski definition) is 0. The number of anilines is 1. The molecule has 3 nitrogen and oxygen atoms in total. The predicted octanol–water partition coefficient (Wildman–Crippen LogP) is 2.55. The first-order valence-electron chi connectivity index (χ1n) is 5.47. The summed E-state index contributed by atoms with van der Waals surface area (Å²) in [7, 11) is 0. The number of halogens is 1. The van der Waals surface area contributed by atoms with Gasteiger partial charge < -0.3 is 4.90 Å². The van der Waals surface area contributed by atoms with E-state index < -0.39 is 0 Å². The molecule has 0 fully saturated rings. The van der Waals surface area contributed by atoms with Gasteiger partial charge in [0.1, 0.15) is 5.78 Å². The molecule has 1 amide bonds. The number of carbonyl (C=O) groups is 2. The minimum atomic E-state index is -0.0729. The maximum absolute atomic E-state index is 11.5. The Morgan fingerprint density at radius 2 is 1.82 bits per heavy atom. The summed E-state index contributed by atoms with van der Waals surface area (Å²) in [6.45, 7) is 3.86. The van der Waals surface area contributed by atoms with Crippen molar-refractivity contribution in [1.29, 1.82) is 0 Å². The van der Waals surface area contributed by atoms with E-state index >= 15 is 0 Å². The maximum atomic E-state index is 11.5. The second kappa shape index (κ2) is 6.40. The topological polar surface area (TPSA) is 37.4 Å². The Morgan fingerprint density at radius 1 is 1.24 bits per heavy atom. The third-order valence-corrected chi connectivity index (χ3v) is 2.79. The number of alkyl halides is 1. The van der Waals surface area contributed by atoms with Gasteiger partial charge >= 0.3 is 0 Å². The van der Waals surface area contributed by atoms with Crippen LogP contribution in [0, 0.1) is 6.92 Å². The van der Waals surface area contributed by atoms with Crippen LogP contribution >= 0.6 is 11.6 Å². The number of carbonyl (C=O) groups excluding carboxylic acids is 2. The highest BCUT2D eigenvalue weighted by Gasteiger charge is 2.12. The third-order valence-electron chi connectivity index (χ3n) is 2.49. The molecule has 0 aliphatic carbocycles. The van der Waals surface area contributed by atoms with Crippen molar-refractivity contribution in [1.82, 2.24) is 0 Å². The largest absolute Gasteiger partial charge is 0.312 e. The molecule has 0 saturated heterocycles. The van der Waals surface area contributed by atoms with E-state index in [1.54, 1.807) is 4.90 Å². The first-order valence-corrected chi connectivity index (χ1v) is 6.00. The smallest absolute Gasteiger partial charge is 0.223 e. The lowest BCUT2D eigenvalue weighted by Gasteiger charge is -2.20. The van der Waals surface area contributed by atoms with Gasteiger partial charge in [-0.3, -0.25) is 9.59 Å². The van der Waals surface area contributed by atoms with Crippen molar-refractivity contribution in [3.8, 4) is 0 Å². The Bertz CT molecular complexity index is 400. The minimum absolute atomic E-state index is 0.000355. The monoisotopic (exact) mass is 253 g/mol. The summed E-state index contributed by atoms with van der Waals surface area (Å²) in [5, 5.41) is 0. The van der Waals surface area contributed by atoms with E-state index in [-0.39, 0.29) is 24.0 Å². The number of Topliss-reactive ketones (excluding diaryl/α,β-unsaturated/α-hetero) is 1. The van der Waals surface area contributed by atoms with Gasteiger partial charge in [0.25, 0.3) is 0 Å². The molecule has 0 aliphatic heterocycles. The Morgan fingerprint density at radius 3 is 2.29 bits per heavy atom. The molecule has 1 aromatic carbocycles. The van der Waals surface area contributed by atoms with Crippen LogP contribution < -0.4 is 4.90 Å². The average molecular weight is 254 g/mol. The maximum Gasteiger partial charge on any atom is 0.223 e. The van der Waals surface area contributed by atoms with Crippen LogP contribution in [0.1, 0.15) is 18.9 Å². The highest BCUT2D eigenvalue weighted by atomic mass is 35.5. The number of rotatable bonds is 5. The third kappa shape index (κ3) is 4.19. The molecule has 92 valence electrons. The van der Waals surface area contributed by atoms with Crippen LogP contribution in [0.25, 0.3) is 0 Å². The quantitative estimate of drug-likeness (QED) is 0.757. The molecule has 1 aromatic rings. The van der Waals surface area contributed by atoms with Gasteiger partial charge in [-0.05, 0) is 19.1 Å². The van der Waals surface area contributed by atoms with E-state index in [1.807, 2.05) is 31.2 Å². The van der Waals surface area contributed by atoms with Crippen molar-refractivity contribution in [2.75, 3.05) is 17.3 Å². The van der Waals surface area contributed by atoms with Crippen molar-refractivity contribution in [3.05, 3.63) is 29.8 Å². The summed E-state index contributed by atoms with van der Waals surface area (Å²) < 4.78 is 0. The lowest BCUT2D eigenvalue weighted by atomic mass is 10.2. The summed E-state index contributed by atoms with van der Waals surface area (Å²) in [5.41, 5.74) is 1.94. The predicted molar refractivity (Wildman–Crippen MR) is 69.6 cm³/mol. The number of amides is 1. The fourth-order valence-corrected chi connectivity index (χ4v) is 1.63. The van der Waals surface area contributed by atoms with Crippen LogP contribution in [0.4, 0.5) is 5.69 Å². The summed E-state index contributed by atoms with van der Waals surface area (Å²) in [6.07, 6.45) is 0.289. The number of benzene rings is 1. The van der Waals surface area contributed by atoms with Crippen molar-refractivity contribution in [2.24, 2.45) is 0 Å². The Hall–Kier alpha value is -1.35.